The number of nitrogens with one attached hydrogen (secondary N) is 1. The molecule has 0 aliphatic rings. The first kappa shape index (κ1) is 11.0. The maximum Gasteiger partial charge on any atom is 0.327 e. The van der Waals surface area contributed by atoms with Gasteiger partial charge in [0.15, 0.2) is 0 Å². The highest BCUT2D eigenvalue weighted by Gasteiger charge is 2.14. The summed E-state index contributed by atoms with van der Waals surface area (Å²) in [5.41, 5.74) is 0. The minimum absolute atomic E-state index is 0.361. The van der Waals surface area contributed by atoms with Crippen molar-refractivity contribution < 1.29 is 14.7 Å². The summed E-state index contributed by atoms with van der Waals surface area (Å²) in [5.74, 6) is 0.0309. The minimum Gasteiger partial charge on any atom is -0.480 e. The SMILES string of the molecule is C=CCSC[C@H](NC=O)C(=O)O. The lowest BCUT2D eigenvalue weighted by molar-refractivity contribution is -0.139. The van der Waals surface area contributed by atoms with Crippen LogP contribution in [0.1, 0.15) is 0 Å². The van der Waals surface area contributed by atoms with Crippen LogP contribution in [0.15, 0.2) is 12.7 Å². The molecule has 0 rings (SSSR count). The lowest BCUT2D eigenvalue weighted by atomic mass is 10.3. The Hall–Kier alpha value is -0.970. The van der Waals surface area contributed by atoms with Gasteiger partial charge in [0.2, 0.25) is 6.41 Å². The smallest absolute Gasteiger partial charge is 0.327 e. The Morgan fingerprint density at radius 1 is 1.75 bits per heavy atom. The summed E-state index contributed by atoms with van der Waals surface area (Å²) in [6.07, 6.45) is 2.08. The summed E-state index contributed by atoms with van der Waals surface area (Å²) < 4.78 is 0. The maximum absolute atomic E-state index is 10.4. The second kappa shape index (κ2) is 6.72. The van der Waals surface area contributed by atoms with Gasteiger partial charge in [0.25, 0.3) is 0 Å². The Kier molecular flexibility index (Phi) is 6.18. The molecule has 1 atom stereocenters. The van der Waals surface area contributed by atoms with E-state index in [1.54, 1.807) is 6.08 Å². The third-order valence-electron chi connectivity index (χ3n) is 1.09. The van der Waals surface area contributed by atoms with E-state index in [0.29, 0.717) is 17.9 Å². The molecule has 0 radical (unpaired) electrons. The number of carbonyl (C=O) groups is 2. The largest absolute Gasteiger partial charge is 0.480 e. The lowest BCUT2D eigenvalue weighted by Gasteiger charge is -2.08. The maximum atomic E-state index is 10.4. The predicted molar refractivity (Wildman–Crippen MR) is 48.1 cm³/mol. The first-order valence-corrected chi connectivity index (χ1v) is 4.49. The second-order valence-electron chi connectivity index (χ2n) is 2.00. The highest BCUT2D eigenvalue weighted by atomic mass is 32.2. The molecule has 68 valence electrons. The highest BCUT2D eigenvalue weighted by molar-refractivity contribution is 7.99. The number of hydrogen-bond acceptors (Lipinski definition) is 3. The predicted octanol–water partition coefficient (Wildman–Crippen LogP) is 0.105. The van der Waals surface area contributed by atoms with Crippen LogP contribution < -0.4 is 5.32 Å². The second-order valence-corrected chi connectivity index (χ2v) is 3.08. The summed E-state index contributed by atoms with van der Waals surface area (Å²) >= 11 is 1.41. The molecule has 5 heteroatoms. The zero-order valence-electron chi connectivity index (χ0n) is 6.53. The van der Waals surface area contributed by atoms with Gasteiger partial charge >= 0.3 is 5.97 Å². The van der Waals surface area contributed by atoms with E-state index in [1.165, 1.54) is 11.8 Å². The molecule has 0 saturated heterocycles. The van der Waals surface area contributed by atoms with Crippen LogP contribution in [0.2, 0.25) is 0 Å². The van der Waals surface area contributed by atoms with E-state index < -0.39 is 12.0 Å². The Morgan fingerprint density at radius 3 is 2.83 bits per heavy atom. The molecule has 0 aromatic heterocycles. The molecule has 0 bridgehead atoms. The zero-order valence-corrected chi connectivity index (χ0v) is 7.34. The molecular formula is C7H11NO3S. The topological polar surface area (TPSA) is 66.4 Å². The number of carbonyl (C=O) groups excluding carboxylic acids is 1. The fourth-order valence-electron chi connectivity index (χ4n) is 0.542. The molecule has 12 heavy (non-hydrogen) atoms. The number of thioether (sulfide) groups is 1. The quantitative estimate of drug-likeness (QED) is 0.339. The molecule has 0 aromatic carbocycles. The number of carboxylic acid groups (broad SMARTS) is 1. The molecule has 4 nitrogen and oxygen atoms in total. The molecule has 0 fully saturated rings. The third-order valence-corrected chi connectivity index (χ3v) is 2.13. The molecule has 0 aliphatic carbocycles. The molecule has 0 heterocycles. The van der Waals surface area contributed by atoms with E-state index in [4.69, 9.17) is 5.11 Å². The van der Waals surface area contributed by atoms with Crippen molar-refractivity contribution in [1.29, 1.82) is 0 Å². The first-order valence-electron chi connectivity index (χ1n) is 3.33. The Morgan fingerprint density at radius 2 is 2.42 bits per heavy atom. The number of rotatable bonds is 7. The summed E-state index contributed by atoms with van der Waals surface area (Å²) in [6.45, 7) is 3.49. The van der Waals surface area contributed by atoms with Crippen molar-refractivity contribution >= 4 is 24.1 Å². The molecule has 0 saturated carbocycles. The van der Waals surface area contributed by atoms with Crippen LogP contribution in [0.5, 0.6) is 0 Å². The van der Waals surface area contributed by atoms with Crippen molar-refractivity contribution in [3.05, 3.63) is 12.7 Å². The van der Waals surface area contributed by atoms with Crippen molar-refractivity contribution in [2.24, 2.45) is 0 Å². The van der Waals surface area contributed by atoms with Crippen LogP contribution in [-0.4, -0.2) is 35.0 Å². The van der Waals surface area contributed by atoms with E-state index in [2.05, 4.69) is 11.9 Å². The van der Waals surface area contributed by atoms with Gasteiger partial charge in [-0.05, 0) is 0 Å². The Balaban J connectivity index is 3.70. The molecule has 2 N–H and O–H groups in total. The Bertz CT molecular complexity index is 172. The van der Waals surface area contributed by atoms with Crippen molar-refractivity contribution in [2.75, 3.05) is 11.5 Å². The fraction of sp³-hybridized carbons (Fsp3) is 0.429. The van der Waals surface area contributed by atoms with Crippen molar-refractivity contribution in [3.63, 3.8) is 0 Å². The van der Waals surface area contributed by atoms with Crippen molar-refractivity contribution in [3.8, 4) is 0 Å². The zero-order chi connectivity index (χ0) is 9.40. The summed E-state index contributed by atoms with van der Waals surface area (Å²) in [7, 11) is 0. The van der Waals surface area contributed by atoms with E-state index in [0.717, 1.165) is 0 Å². The number of aliphatic carboxylic acids is 1. The van der Waals surface area contributed by atoms with E-state index in [-0.39, 0.29) is 0 Å². The first-order chi connectivity index (χ1) is 5.72. The highest BCUT2D eigenvalue weighted by Crippen LogP contribution is 2.02. The lowest BCUT2D eigenvalue weighted by Crippen LogP contribution is -2.37. The minimum atomic E-state index is -1.02. The molecule has 1 amide bonds. The standard InChI is InChI=1S/C7H11NO3S/c1-2-3-12-4-6(7(10)11)8-5-9/h2,5-6H,1,3-4H2,(H,8,9)(H,10,11)/t6-/m0/s1. The van der Waals surface area contributed by atoms with Gasteiger partial charge in [0.05, 0.1) is 0 Å². The Labute approximate surface area is 75.0 Å². The molecule has 0 aromatic rings. The van der Waals surface area contributed by atoms with Gasteiger partial charge in [-0.2, -0.15) is 11.8 Å². The monoisotopic (exact) mass is 189 g/mol. The van der Waals surface area contributed by atoms with Crippen molar-refractivity contribution in [1.82, 2.24) is 5.32 Å². The summed E-state index contributed by atoms with van der Waals surface area (Å²) in [6, 6.07) is -0.799. The van der Waals surface area contributed by atoms with Gasteiger partial charge in [0, 0.05) is 11.5 Å². The van der Waals surface area contributed by atoms with Crippen molar-refractivity contribution in [2.45, 2.75) is 6.04 Å². The van der Waals surface area contributed by atoms with Gasteiger partial charge in [-0.1, -0.05) is 6.08 Å². The number of hydrogen-bond donors (Lipinski definition) is 2. The van der Waals surface area contributed by atoms with Gasteiger partial charge < -0.3 is 10.4 Å². The van der Waals surface area contributed by atoms with E-state index in [9.17, 15) is 9.59 Å². The van der Waals surface area contributed by atoms with E-state index in [1.807, 2.05) is 0 Å². The van der Waals surface area contributed by atoms with Gasteiger partial charge in [-0.25, -0.2) is 4.79 Å². The summed E-state index contributed by atoms with van der Waals surface area (Å²) in [4.78, 5) is 20.4. The summed E-state index contributed by atoms with van der Waals surface area (Å²) in [5, 5.41) is 10.7. The molecular weight excluding hydrogens is 178 g/mol. The van der Waals surface area contributed by atoms with Crippen LogP contribution >= 0.6 is 11.8 Å². The van der Waals surface area contributed by atoms with Gasteiger partial charge in [0.1, 0.15) is 6.04 Å². The number of amides is 1. The van der Waals surface area contributed by atoms with Gasteiger partial charge in [-0.15, -0.1) is 6.58 Å². The normalized spacial score (nSPS) is 11.7. The van der Waals surface area contributed by atoms with Crippen LogP contribution in [-0.2, 0) is 9.59 Å². The van der Waals surface area contributed by atoms with Crippen LogP contribution in [0.3, 0.4) is 0 Å². The molecule has 0 aliphatic heterocycles. The van der Waals surface area contributed by atoms with Gasteiger partial charge in [-0.3, -0.25) is 4.79 Å². The fourth-order valence-corrected chi connectivity index (χ4v) is 1.32. The average Bonchev–Trinajstić information content (AvgIpc) is 2.03. The van der Waals surface area contributed by atoms with E-state index >= 15 is 0 Å². The van der Waals surface area contributed by atoms with Crippen LogP contribution in [0.4, 0.5) is 0 Å². The number of carboxylic acids is 1. The third kappa shape index (κ3) is 4.79. The molecule has 0 spiro atoms. The van der Waals surface area contributed by atoms with Crippen LogP contribution in [0, 0.1) is 0 Å². The molecule has 0 unspecified atom stereocenters. The van der Waals surface area contributed by atoms with Crippen LogP contribution in [0.25, 0.3) is 0 Å². The average molecular weight is 189 g/mol.